The van der Waals surface area contributed by atoms with Gasteiger partial charge >= 0.3 is 0 Å². The summed E-state index contributed by atoms with van der Waals surface area (Å²) in [7, 11) is 3.25. The molecule has 4 nitrogen and oxygen atoms in total. The third kappa shape index (κ3) is 6.24. The molecule has 0 spiro atoms. The summed E-state index contributed by atoms with van der Waals surface area (Å²) in [6.07, 6.45) is 7.30. The van der Waals surface area contributed by atoms with E-state index in [4.69, 9.17) is 9.47 Å². The van der Waals surface area contributed by atoms with Gasteiger partial charge in [0.05, 0.1) is 26.9 Å². The summed E-state index contributed by atoms with van der Waals surface area (Å²) in [5.74, 6) is 1.45. The van der Waals surface area contributed by atoms with Gasteiger partial charge in [0.25, 0.3) is 0 Å². The summed E-state index contributed by atoms with van der Waals surface area (Å²) in [5.41, 5.74) is 1.96. The molecule has 0 aliphatic carbocycles. The number of aliphatic hydroxyl groups excluding tert-OH is 2. The average molecular weight is 310 g/mol. The van der Waals surface area contributed by atoms with Crippen LogP contribution in [0, 0.1) is 0 Å². The lowest BCUT2D eigenvalue weighted by molar-refractivity contribution is 0.180. The molecule has 1 aromatic rings. The van der Waals surface area contributed by atoms with Gasteiger partial charge < -0.3 is 19.7 Å². The highest BCUT2D eigenvalue weighted by atomic mass is 16.5. The van der Waals surface area contributed by atoms with E-state index in [1.165, 1.54) is 12.8 Å². The quantitative estimate of drug-likeness (QED) is 0.615. The van der Waals surface area contributed by atoms with Crippen LogP contribution in [-0.4, -0.2) is 30.5 Å². The molecule has 0 radical (unpaired) electrons. The fourth-order valence-electron chi connectivity index (χ4n) is 2.66. The highest BCUT2D eigenvalue weighted by Gasteiger charge is 2.11. The Morgan fingerprint density at radius 2 is 1.68 bits per heavy atom. The monoisotopic (exact) mass is 310 g/mol. The van der Waals surface area contributed by atoms with Crippen LogP contribution in [0.2, 0.25) is 0 Å². The van der Waals surface area contributed by atoms with Gasteiger partial charge in [-0.3, -0.25) is 0 Å². The van der Waals surface area contributed by atoms with Gasteiger partial charge in [0.15, 0.2) is 0 Å². The summed E-state index contributed by atoms with van der Waals surface area (Å²) in [4.78, 5) is 0. The molecule has 0 fully saturated rings. The number of methoxy groups -OCH3 is 2. The molecule has 22 heavy (non-hydrogen) atoms. The maximum absolute atomic E-state index is 9.57. The molecule has 0 amide bonds. The van der Waals surface area contributed by atoms with Crippen molar-refractivity contribution in [3.63, 3.8) is 0 Å². The first kappa shape index (κ1) is 18.8. The van der Waals surface area contributed by atoms with Crippen LogP contribution in [0.3, 0.4) is 0 Å². The molecule has 0 unspecified atom stereocenters. The minimum absolute atomic E-state index is 0.0170. The topological polar surface area (TPSA) is 58.9 Å². The number of aliphatic hydroxyl groups is 2. The van der Waals surface area contributed by atoms with Crippen molar-refractivity contribution in [2.45, 2.75) is 64.6 Å². The van der Waals surface area contributed by atoms with E-state index >= 15 is 0 Å². The molecule has 0 aliphatic rings. The Morgan fingerprint density at radius 3 is 2.27 bits per heavy atom. The molecule has 0 aromatic heterocycles. The minimum Gasteiger partial charge on any atom is -0.497 e. The molecule has 4 heteroatoms. The predicted molar refractivity (Wildman–Crippen MR) is 88.6 cm³/mol. The molecule has 0 saturated heterocycles. The second-order valence-corrected chi connectivity index (χ2v) is 5.78. The molecule has 0 bridgehead atoms. The average Bonchev–Trinajstić information content (AvgIpc) is 2.52. The van der Waals surface area contributed by atoms with Crippen LogP contribution in [-0.2, 0) is 13.0 Å². The van der Waals surface area contributed by atoms with Gasteiger partial charge in [-0.1, -0.05) is 25.7 Å². The van der Waals surface area contributed by atoms with Crippen molar-refractivity contribution in [3.05, 3.63) is 23.3 Å². The number of ether oxygens (including phenoxy) is 2. The van der Waals surface area contributed by atoms with Gasteiger partial charge in [0, 0.05) is 11.6 Å². The van der Waals surface area contributed by atoms with Crippen molar-refractivity contribution in [3.8, 4) is 11.5 Å². The molecular weight excluding hydrogens is 280 g/mol. The molecule has 2 N–H and O–H groups in total. The number of aryl methyl sites for hydroxylation is 1. The lowest BCUT2D eigenvalue weighted by Gasteiger charge is -2.14. The van der Waals surface area contributed by atoms with E-state index in [0.29, 0.717) is 5.75 Å². The summed E-state index contributed by atoms with van der Waals surface area (Å²) >= 11 is 0. The van der Waals surface area contributed by atoms with E-state index in [1.54, 1.807) is 14.2 Å². The lowest BCUT2D eigenvalue weighted by Crippen LogP contribution is -2.01. The van der Waals surface area contributed by atoms with Gasteiger partial charge in [-0.15, -0.1) is 0 Å². The van der Waals surface area contributed by atoms with E-state index < -0.39 is 0 Å². The highest BCUT2D eigenvalue weighted by Crippen LogP contribution is 2.30. The molecule has 0 aliphatic heterocycles. The van der Waals surface area contributed by atoms with Crippen molar-refractivity contribution < 1.29 is 19.7 Å². The summed E-state index contributed by atoms with van der Waals surface area (Å²) in [6.45, 7) is 1.82. The normalized spacial score (nSPS) is 12.2. The van der Waals surface area contributed by atoms with E-state index in [9.17, 15) is 10.2 Å². The third-order valence-corrected chi connectivity index (χ3v) is 3.96. The molecule has 0 heterocycles. The van der Waals surface area contributed by atoms with Crippen molar-refractivity contribution in [1.82, 2.24) is 0 Å². The summed E-state index contributed by atoms with van der Waals surface area (Å²) < 4.78 is 10.6. The molecule has 1 atom stereocenters. The Morgan fingerprint density at radius 1 is 1.00 bits per heavy atom. The zero-order valence-corrected chi connectivity index (χ0v) is 14.1. The maximum Gasteiger partial charge on any atom is 0.128 e. The first-order valence-electron chi connectivity index (χ1n) is 8.15. The van der Waals surface area contributed by atoms with Gasteiger partial charge in [-0.05, 0) is 37.8 Å². The second kappa shape index (κ2) is 10.5. The zero-order valence-electron chi connectivity index (χ0n) is 14.1. The Kier molecular flexibility index (Phi) is 8.94. The van der Waals surface area contributed by atoms with Crippen molar-refractivity contribution in [2.75, 3.05) is 14.2 Å². The summed E-state index contributed by atoms with van der Waals surface area (Å²) in [6, 6.07) is 3.80. The Hall–Kier alpha value is -1.26. The van der Waals surface area contributed by atoms with Gasteiger partial charge in [-0.2, -0.15) is 0 Å². The van der Waals surface area contributed by atoms with E-state index in [1.807, 2.05) is 19.1 Å². The van der Waals surface area contributed by atoms with Crippen LogP contribution in [0.4, 0.5) is 0 Å². The number of hydrogen-bond donors (Lipinski definition) is 2. The molecule has 1 aromatic carbocycles. The Bertz CT molecular complexity index is 429. The van der Waals surface area contributed by atoms with E-state index in [-0.39, 0.29) is 12.7 Å². The number of benzene rings is 1. The number of hydrogen-bond acceptors (Lipinski definition) is 4. The molecule has 1 rings (SSSR count). The number of rotatable bonds is 11. The van der Waals surface area contributed by atoms with E-state index in [0.717, 1.165) is 49.0 Å². The maximum atomic E-state index is 9.57. The van der Waals surface area contributed by atoms with E-state index in [2.05, 4.69) is 0 Å². The smallest absolute Gasteiger partial charge is 0.128 e. The minimum atomic E-state index is -0.184. The van der Waals surface area contributed by atoms with Crippen molar-refractivity contribution in [2.24, 2.45) is 0 Å². The second-order valence-electron chi connectivity index (χ2n) is 5.78. The largest absolute Gasteiger partial charge is 0.497 e. The van der Waals surface area contributed by atoms with Crippen molar-refractivity contribution >= 4 is 0 Å². The van der Waals surface area contributed by atoms with Crippen LogP contribution in [0.25, 0.3) is 0 Å². The Balaban J connectivity index is 2.47. The summed E-state index contributed by atoms with van der Waals surface area (Å²) in [5, 5.41) is 18.8. The zero-order chi connectivity index (χ0) is 16.4. The fourth-order valence-corrected chi connectivity index (χ4v) is 2.66. The predicted octanol–water partition coefficient (Wildman–Crippen LogP) is 3.46. The van der Waals surface area contributed by atoms with Crippen LogP contribution < -0.4 is 9.47 Å². The molecule has 126 valence electrons. The van der Waals surface area contributed by atoms with Gasteiger partial charge in [0.1, 0.15) is 11.5 Å². The van der Waals surface area contributed by atoms with Crippen LogP contribution in [0.1, 0.15) is 56.6 Å². The highest BCUT2D eigenvalue weighted by molar-refractivity contribution is 5.46. The van der Waals surface area contributed by atoms with Crippen LogP contribution in [0.15, 0.2) is 12.1 Å². The number of unbranched alkanes of at least 4 members (excludes halogenated alkanes) is 4. The third-order valence-electron chi connectivity index (χ3n) is 3.96. The first-order chi connectivity index (χ1) is 10.6. The lowest BCUT2D eigenvalue weighted by atomic mass is 9.99. The van der Waals surface area contributed by atoms with Crippen LogP contribution in [0.5, 0.6) is 11.5 Å². The standard InChI is InChI=1S/C18H30O4/c1-14(20)9-7-5-4-6-8-10-15-11-16(21-2)12-18(22-3)17(15)13-19/h11-12,14,19-20H,4-10,13H2,1-3H3/t14-/m0/s1. The first-order valence-corrected chi connectivity index (χ1v) is 8.15. The fraction of sp³-hybridized carbons (Fsp3) is 0.667. The van der Waals surface area contributed by atoms with Crippen LogP contribution >= 0.6 is 0 Å². The van der Waals surface area contributed by atoms with Crippen molar-refractivity contribution in [1.29, 1.82) is 0 Å². The van der Waals surface area contributed by atoms with Gasteiger partial charge in [-0.25, -0.2) is 0 Å². The SMILES string of the molecule is COc1cc(CCCCCCC[C@H](C)O)c(CO)c(OC)c1. The molecular formula is C18H30O4. The van der Waals surface area contributed by atoms with Gasteiger partial charge in [0.2, 0.25) is 0 Å². The molecule has 0 saturated carbocycles. The Labute approximate surface area is 134 Å².